The lowest BCUT2D eigenvalue weighted by Gasteiger charge is -2.32. The quantitative estimate of drug-likeness (QED) is 0.234. The number of hydroxylamine groups is 1. The fourth-order valence-corrected chi connectivity index (χ4v) is 3.97. The number of carbonyl (C=O) groups excluding carboxylic acids is 3. The van der Waals surface area contributed by atoms with Crippen molar-refractivity contribution in [1.29, 1.82) is 0 Å². The number of halogens is 2. The van der Waals surface area contributed by atoms with Gasteiger partial charge in [0.1, 0.15) is 11.9 Å². The Morgan fingerprint density at radius 2 is 1.77 bits per heavy atom. The summed E-state index contributed by atoms with van der Waals surface area (Å²) in [5.41, 5.74) is 0.923. The number of amides is 3. The average Bonchev–Trinajstić information content (AvgIpc) is 2.73. The van der Waals surface area contributed by atoms with Crippen LogP contribution in [0.4, 0.5) is 4.79 Å². The molecule has 0 aromatic heterocycles. The Labute approximate surface area is 195 Å². The van der Waals surface area contributed by atoms with Gasteiger partial charge in [-0.25, -0.2) is 10.3 Å². The van der Waals surface area contributed by atoms with Crippen LogP contribution in [0, 0.1) is 5.41 Å². The van der Waals surface area contributed by atoms with Crippen LogP contribution in [0.1, 0.15) is 35.9 Å². The maximum atomic E-state index is 12.5. The maximum Gasteiger partial charge on any atom is 0.414 e. The maximum absolute atomic E-state index is 12.5. The molecule has 2 rings (SSSR count). The van der Waals surface area contributed by atoms with Crippen LogP contribution in [0.2, 0.25) is 0 Å². The molecule has 3 amide bonds. The fraction of sp³-hybridized carbons (Fsp3) is 0.190. The van der Waals surface area contributed by atoms with Crippen molar-refractivity contribution in [2.24, 2.45) is 5.41 Å². The van der Waals surface area contributed by atoms with Gasteiger partial charge in [-0.3, -0.25) is 20.1 Å². The molecule has 0 spiro atoms. The van der Waals surface area contributed by atoms with Crippen LogP contribution in [0.3, 0.4) is 0 Å². The van der Waals surface area contributed by atoms with Crippen molar-refractivity contribution in [1.82, 2.24) is 10.8 Å². The van der Waals surface area contributed by atoms with Gasteiger partial charge in [-0.15, -0.1) is 0 Å². The number of benzene rings is 2. The van der Waals surface area contributed by atoms with Crippen LogP contribution in [-0.2, 0) is 9.53 Å². The number of ether oxygens (including phenoxy) is 1. The summed E-state index contributed by atoms with van der Waals surface area (Å²) >= 11 is 6.56. The molecule has 8 nitrogen and oxygen atoms in total. The normalized spacial score (nSPS) is 12.3. The minimum absolute atomic E-state index is 0.177. The van der Waals surface area contributed by atoms with Crippen molar-refractivity contribution < 1.29 is 29.4 Å². The molecule has 2 aromatic carbocycles. The Bertz CT molecular complexity index is 1010. The molecule has 2 aromatic rings. The molecule has 0 saturated heterocycles. The van der Waals surface area contributed by atoms with Crippen molar-refractivity contribution in [3.8, 4) is 5.75 Å². The van der Waals surface area contributed by atoms with Gasteiger partial charge in [0, 0.05) is 27.1 Å². The lowest BCUT2D eigenvalue weighted by Crippen LogP contribution is -2.35. The number of alkyl carbamates (subject to hydrolysis) is 1. The summed E-state index contributed by atoms with van der Waals surface area (Å²) in [4.78, 5) is 36.3. The molecule has 10 heteroatoms. The third-order valence-corrected chi connectivity index (χ3v) is 5.33. The van der Waals surface area contributed by atoms with E-state index in [1.165, 1.54) is 23.7 Å². The second-order valence-electron chi connectivity index (χ2n) is 7.06. The predicted octanol–water partition coefficient (Wildman–Crippen LogP) is 4.61. The van der Waals surface area contributed by atoms with E-state index in [2.05, 4.69) is 37.2 Å². The van der Waals surface area contributed by atoms with E-state index in [0.717, 1.165) is 6.08 Å². The van der Waals surface area contributed by atoms with E-state index in [0.29, 0.717) is 8.95 Å². The Morgan fingerprint density at radius 1 is 1.13 bits per heavy atom. The molecular weight excluding hydrogens is 536 g/mol. The second kappa shape index (κ2) is 10.6. The number of hydrogen-bond acceptors (Lipinski definition) is 6. The summed E-state index contributed by atoms with van der Waals surface area (Å²) < 4.78 is 6.47. The van der Waals surface area contributed by atoms with Crippen LogP contribution in [0.25, 0.3) is 0 Å². The molecule has 0 heterocycles. The first kappa shape index (κ1) is 24.6. The molecule has 0 saturated carbocycles. The summed E-state index contributed by atoms with van der Waals surface area (Å²) in [6, 6.07) is 11.3. The van der Waals surface area contributed by atoms with E-state index in [4.69, 9.17) is 9.94 Å². The molecule has 0 radical (unpaired) electrons. The van der Waals surface area contributed by atoms with Crippen LogP contribution in [-0.4, -0.2) is 28.2 Å². The van der Waals surface area contributed by atoms with Gasteiger partial charge in [0.25, 0.3) is 11.8 Å². The number of hydrogen-bond donors (Lipinski definition) is 4. The third kappa shape index (κ3) is 6.65. The predicted molar refractivity (Wildman–Crippen MR) is 119 cm³/mol. The molecule has 31 heavy (non-hydrogen) atoms. The van der Waals surface area contributed by atoms with Gasteiger partial charge in [-0.2, -0.15) is 0 Å². The van der Waals surface area contributed by atoms with Crippen molar-refractivity contribution in [3.05, 3.63) is 74.7 Å². The second-order valence-corrected chi connectivity index (χ2v) is 8.83. The topological polar surface area (TPSA) is 125 Å². The Balaban J connectivity index is 2.38. The Morgan fingerprint density at radius 3 is 2.39 bits per heavy atom. The Hall–Kier alpha value is -2.69. The number of rotatable bonds is 6. The zero-order valence-corrected chi connectivity index (χ0v) is 19.7. The van der Waals surface area contributed by atoms with Gasteiger partial charge in [0.2, 0.25) is 0 Å². The summed E-state index contributed by atoms with van der Waals surface area (Å²) in [5, 5.41) is 21.4. The molecule has 164 valence electrons. The molecule has 0 aliphatic carbocycles. The monoisotopic (exact) mass is 554 g/mol. The summed E-state index contributed by atoms with van der Waals surface area (Å²) in [7, 11) is 0. The fourth-order valence-electron chi connectivity index (χ4n) is 2.71. The van der Waals surface area contributed by atoms with Crippen molar-refractivity contribution in [2.45, 2.75) is 20.0 Å². The largest absolute Gasteiger partial charge is 0.506 e. The number of phenols is 1. The van der Waals surface area contributed by atoms with E-state index in [-0.39, 0.29) is 16.9 Å². The van der Waals surface area contributed by atoms with Gasteiger partial charge >= 0.3 is 6.09 Å². The van der Waals surface area contributed by atoms with E-state index in [9.17, 15) is 19.5 Å². The first-order chi connectivity index (χ1) is 14.5. The molecular formula is C21H20Br2N2O6. The number of phenolic OH excluding ortho intramolecular Hbond substituents is 1. The van der Waals surface area contributed by atoms with Gasteiger partial charge < -0.3 is 9.84 Å². The lowest BCUT2D eigenvalue weighted by molar-refractivity contribution is -0.124. The molecule has 0 aliphatic heterocycles. The summed E-state index contributed by atoms with van der Waals surface area (Å²) in [6.07, 6.45) is 0.312. The molecule has 0 unspecified atom stereocenters. The van der Waals surface area contributed by atoms with Crippen molar-refractivity contribution in [3.63, 3.8) is 0 Å². The number of imide groups is 1. The van der Waals surface area contributed by atoms with Crippen molar-refractivity contribution >= 4 is 49.8 Å². The molecule has 0 fully saturated rings. The average molecular weight is 556 g/mol. The number of aromatic hydroxyl groups is 1. The zero-order valence-electron chi connectivity index (χ0n) is 16.6. The standard InChI is InChI=1S/C21H20Br2N2O6/c1-21(2,9-8-16(26)25-30)18(14-10-13(22)11-15(23)17(14)27)31-20(29)24-19(28)12-6-4-3-5-7-12/h3-11,18,27,30H,1-2H3,(H,25,26)(H,24,28,29)/b9-8+/t18-/m1/s1. The highest BCUT2D eigenvalue weighted by molar-refractivity contribution is 9.11. The minimum atomic E-state index is -1.12. The van der Waals surface area contributed by atoms with E-state index in [1.54, 1.807) is 44.2 Å². The first-order valence-electron chi connectivity index (χ1n) is 8.93. The molecule has 4 N–H and O–H groups in total. The van der Waals surface area contributed by atoms with E-state index in [1.807, 2.05) is 0 Å². The molecule has 0 aliphatic rings. The Kier molecular flexibility index (Phi) is 8.37. The van der Waals surface area contributed by atoms with Gasteiger partial charge in [0.05, 0.1) is 4.47 Å². The summed E-state index contributed by atoms with van der Waals surface area (Å²) in [5.74, 6) is -1.62. The van der Waals surface area contributed by atoms with Crippen LogP contribution in [0.15, 0.2) is 63.6 Å². The molecule has 1 atom stereocenters. The highest BCUT2D eigenvalue weighted by atomic mass is 79.9. The number of carbonyl (C=O) groups is 3. The van der Waals surface area contributed by atoms with Crippen LogP contribution < -0.4 is 10.8 Å². The van der Waals surface area contributed by atoms with Crippen LogP contribution in [0.5, 0.6) is 5.75 Å². The van der Waals surface area contributed by atoms with E-state index >= 15 is 0 Å². The van der Waals surface area contributed by atoms with Crippen LogP contribution >= 0.6 is 31.9 Å². The lowest BCUT2D eigenvalue weighted by atomic mass is 9.81. The highest BCUT2D eigenvalue weighted by Gasteiger charge is 2.35. The third-order valence-electron chi connectivity index (χ3n) is 4.27. The SMILES string of the molecule is CC(C)(/C=C/C(=O)NO)[C@H](OC(=O)NC(=O)c1ccccc1)c1cc(Br)cc(Br)c1O. The minimum Gasteiger partial charge on any atom is -0.506 e. The van der Waals surface area contributed by atoms with Gasteiger partial charge in [-0.05, 0) is 40.2 Å². The van der Waals surface area contributed by atoms with Gasteiger partial charge in [0.15, 0.2) is 0 Å². The van der Waals surface area contributed by atoms with Crippen molar-refractivity contribution in [2.75, 3.05) is 0 Å². The summed E-state index contributed by atoms with van der Waals surface area (Å²) in [6.45, 7) is 3.30. The van der Waals surface area contributed by atoms with Gasteiger partial charge in [-0.1, -0.05) is 54.1 Å². The smallest absolute Gasteiger partial charge is 0.414 e. The number of nitrogens with one attached hydrogen (secondary N) is 2. The first-order valence-corrected chi connectivity index (χ1v) is 10.5. The molecule has 0 bridgehead atoms. The highest BCUT2D eigenvalue weighted by Crippen LogP contribution is 2.45. The zero-order chi connectivity index (χ0) is 23.2. The van der Waals surface area contributed by atoms with E-state index < -0.39 is 29.4 Å².